The predicted molar refractivity (Wildman–Crippen MR) is 248 cm³/mol. The molecule has 1 aliphatic heterocycles. The summed E-state index contributed by atoms with van der Waals surface area (Å²) in [6.45, 7) is 52.0. The summed E-state index contributed by atoms with van der Waals surface area (Å²) in [4.78, 5) is 0. The van der Waals surface area contributed by atoms with Gasteiger partial charge >= 0.3 is 0 Å². The molecule has 0 saturated carbocycles. The molecule has 56 heavy (non-hydrogen) atoms. The zero-order valence-electron chi connectivity index (χ0n) is 40.7. The first kappa shape index (κ1) is 51.6. The van der Waals surface area contributed by atoms with Gasteiger partial charge < -0.3 is 32.7 Å². The number of ether oxygens (including phenoxy) is 1. The van der Waals surface area contributed by atoms with Gasteiger partial charge in [-0.25, -0.2) is 0 Å². The Morgan fingerprint density at radius 1 is 0.768 bits per heavy atom. The summed E-state index contributed by atoms with van der Waals surface area (Å²) in [6, 6.07) is 5.30. The van der Waals surface area contributed by atoms with Crippen LogP contribution in [0, 0.1) is 25.2 Å². The minimum atomic E-state index is -2.31. The Kier molecular flexibility index (Phi) is 16.8. The third kappa shape index (κ3) is 11.9. The standard InChI is InChI=1S/C45H90O7Si4/c1-24-56(25-2,26-3)52-40-30-41(47)48-39(45(40,16)17)28-35(46)33(6)36(49-53(18,19)42(7,8)9)27-34-31(4)37(50-54(20,21)43(10,11)12)29-38(32(34)5)51-55(22,23)44(13,14)15/h29,33,35-36,39-41,46-47H,24-28,30H2,1-23H3/t33-,35+,36-,39-,40-,41?/m1/s1. The Hall–Kier alpha value is -0.512. The molecule has 1 heterocycles. The third-order valence-electron chi connectivity index (χ3n) is 15.3. The van der Waals surface area contributed by atoms with Crippen LogP contribution in [0.2, 0.25) is 72.5 Å². The van der Waals surface area contributed by atoms with E-state index in [1.54, 1.807) is 0 Å². The van der Waals surface area contributed by atoms with E-state index in [4.69, 9.17) is 22.4 Å². The molecular formula is C45H90O7Si4. The van der Waals surface area contributed by atoms with Gasteiger partial charge in [-0.15, -0.1) is 0 Å². The van der Waals surface area contributed by atoms with Gasteiger partial charge in [0.25, 0.3) is 0 Å². The Morgan fingerprint density at radius 3 is 1.55 bits per heavy atom. The summed E-state index contributed by atoms with van der Waals surface area (Å²) < 4.78 is 35.0. The fourth-order valence-electron chi connectivity index (χ4n) is 7.04. The SMILES string of the molecule is CC[Si](CC)(CC)O[C@@H]1CC(O)O[C@H](C[C@H](O)[C@@H](C)[C@@H](Cc2c(C)c(O[Si](C)(C)C(C)(C)C)cc(O[Si](C)(C)C(C)(C)C)c2C)O[Si](C)(C)C(C)(C)C)C1(C)C. The summed E-state index contributed by atoms with van der Waals surface area (Å²) in [5, 5.41) is 23.4. The van der Waals surface area contributed by atoms with Gasteiger partial charge in [0.05, 0.1) is 24.4 Å². The maximum absolute atomic E-state index is 12.3. The minimum absolute atomic E-state index is 0.0252. The number of aliphatic hydroxyl groups is 2. The van der Waals surface area contributed by atoms with Crippen molar-refractivity contribution >= 4 is 33.3 Å². The molecule has 6 atom stereocenters. The molecule has 7 nitrogen and oxygen atoms in total. The van der Waals surface area contributed by atoms with E-state index in [0.717, 1.165) is 40.8 Å². The van der Waals surface area contributed by atoms with Crippen LogP contribution in [-0.4, -0.2) is 74.2 Å². The van der Waals surface area contributed by atoms with Crippen molar-refractivity contribution in [3.8, 4) is 11.5 Å². The van der Waals surface area contributed by atoms with Crippen LogP contribution >= 0.6 is 0 Å². The molecule has 1 aromatic carbocycles. The van der Waals surface area contributed by atoms with Crippen LogP contribution in [0.5, 0.6) is 11.5 Å². The number of aliphatic hydroxyl groups excluding tert-OH is 2. The summed E-state index contributed by atoms with van der Waals surface area (Å²) in [7, 11) is -8.66. The van der Waals surface area contributed by atoms with Crippen molar-refractivity contribution in [1.82, 2.24) is 0 Å². The summed E-state index contributed by atoms with van der Waals surface area (Å²) in [5.74, 6) is 1.56. The minimum Gasteiger partial charge on any atom is -0.543 e. The van der Waals surface area contributed by atoms with Gasteiger partial charge in [-0.1, -0.05) is 104 Å². The molecule has 0 aromatic heterocycles. The van der Waals surface area contributed by atoms with Gasteiger partial charge in [-0.05, 0) is 109 Å². The van der Waals surface area contributed by atoms with Crippen LogP contribution in [0.3, 0.4) is 0 Å². The van der Waals surface area contributed by atoms with E-state index >= 15 is 0 Å². The zero-order chi connectivity index (χ0) is 43.8. The first-order valence-corrected chi connectivity index (χ1v) is 33.2. The lowest BCUT2D eigenvalue weighted by Gasteiger charge is -2.50. The molecule has 1 fully saturated rings. The number of hydrogen-bond acceptors (Lipinski definition) is 7. The predicted octanol–water partition coefficient (Wildman–Crippen LogP) is 12.9. The quantitative estimate of drug-likeness (QED) is 0.151. The molecule has 328 valence electrons. The van der Waals surface area contributed by atoms with Crippen LogP contribution in [0.25, 0.3) is 0 Å². The first-order chi connectivity index (χ1) is 25.0. The van der Waals surface area contributed by atoms with Gasteiger partial charge in [-0.2, -0.15) is 0 Å². The van der Waals surface area contributed by atoms with Gasteiger partial charge in [0.2, 0.25) is 16.6 Å². The molecule has 0 aliphatic carbocycles. The maximum atomic E-state index is 12.3. The Labute approximate surface area is 350 Å². The molecular weight excluding hydrogens is 765 g/mol. The topological polar surface area (TPSA) is 86.6 Å². The summed E-state index contributed by atoms with van der Waals surface area (Å²) >= 11 is 0. The number of hydrogen-bond donors (Lipinski definition) is 2. The molecule has 1 aliphatic rings. The van der Waals surface area contributed by atoms with E-state index in [-0.39, 0.29) is 39.3 Å². The van der Waals surface area contributed by atoms with E-state index in [9.17, 15) is 10.2 Å². The van der Waals surface area contributed by atoms with E-state index < -0.39 is 51.1 Å². The highest BCUT2D eigenvalue weighted by molar-refractivity contribution is 6.75. The molecule has 1 aromatic rings. The van der Waals surface area contributed by atoms with Gasteiger partial charge in [0.15, 0.2) is 22.9 Å². The van der Waals surface area contributed by atoms with Crippen molar-refractivity contribution in [2.24, 2.45) is 11.3 Å². The highest BCUT2D eigenvalue weighted by Crippen LogP contribution is 2.47. The lowest BCUT2D eigenvalue weighted by atomic mass is 9.74. The normalized spacial score (nSPS) is 22.1. The largest absolute Gasteiger partial charge is 0.543 e. The average molecular weight is 856 g/mol. The maximum Gasteiger partial charge on any atom is 0.250 e. The Morgan fingerprint density at radius 2 is 1.18 bits per heavy atom. The molecule has 1 unspecified atom stereocenters. The van der Waals surface area contributed by atoms with Crippen LogP contribution in [0.15, 0.2) is 6.07 Å². The van der Waals surface area contributed by atoms with Crippen molar-refractivity contribution in [1.29, 1.82) is 0 Å². The van der Waals surface area contributed by atoms with E-state index in [1.807, 2.05) is 0 Å². The lowest BCUT2D eigenvalue weighted by molar-refractivity contribution is -0.243. The molecule has 0 spiro atoms. The van der Waals surface area contributed by atoms with E-state index in [1.165, 1.54) is 5.56 Å². The zero-order valence-corrected chi connectivity index (χ0v) is 44.7. The second kappa shape index (κ2) is 18.2. The fraction of sp³-hybridized carbons (Fsp3) is 0.867. The molecule has 0 radical (unpaired) electrons. The Balaban J connectivity index is 2.73. The third-order valence-corrected chi connectivity index (χ3v) is 33.1. The van der Waals surface area contributed by atoms with E-state index in [2.05, 4.69) is 163 Å². The molecule has 0 amide bonds. The first-order valence-electron chi connectivity index (χ1n) is 21.9. The van der Waals surface area contributed by atoms with Crippen molar-refractivity contribution < 1.29 is 32.7 Å². The second-order valence-electron chi connectivity index (χ2n) is 22.6. The van der Waals surface area contributed by atoms with Crippen molar-refractivity contribution in [3.05, 3.63) is 22.8 Å². The average Bonchev–Trinajstić information content (AvgIpc) is 3.03. The van der Waals surface area contributed by atoms with Gasteiger partial charge in [0.1, 0.15) is 11.5 Å². The molecule has 2 rings (SSSR count). The van der Waals surface area contributed by atoms with Crippen LogP contribution in [0.4, 0.5) is 0 Å². The van der Waals surface area contributed by atoms with E-state index in [0.29, 0.717) is 19.3 Å². The smallest absolute Gasteiger partial charge is 0.250 e. The lowest BCUT2D eigenvalue weighted by Crippen LogP contribution is -2.56. The fourth-order valence-corrected chi connectivity index (χ4v) is 13.6. The van der Waals surface area contributed by atoms with Crippen LogP contribution in [0.1, 0.15) is 133 Å². The highest BCUT2D eigenvalue weighted by Gasteiger charge is 2.50. The number of benzene rings is 1. The monoisotopic (exact) mass is 855 g/mol. The summed E-state index contributed by atoms with van der Waals surface area (Å²) in [5.41, 5.74) is 3.02. The van der Waals surface area contributed by atoms with Gasteiger partial charge in [-0.3, -0.25) is 0 Å². The van der Waals surface area contributed by atoms with Crippen molar-refractivity contribution in [2.75, 3.05) is 0 Å². The molecule has 2 N–H and O–H groups in total. The summed E-state index contributed by atoms with van der Waals surface area (Å²) in [6.07, 6.45) is -1.01. The second-order valence-corrected chi connectivity index (χ2v) is 41.5. The Bertz CT molecular complexity index is 1370. The number of rotatable bonds is 17. The van der Waals surface area contributed by atoms with Crippen LogP contribution < -0.4 is 8.85 Å². The molecule has 0 bridgehead atoms. The van der Waals surface area contributed by atoms with Crippen LogP contribution in [-0.2, 0) is 20.0 Å². The highest BCUT2D eigenvalue weighted by atomic mass is 28.4. The molecule has 11 heteroatoms. The van der Waals surface area contributed by atoms with Crippen molar-refractivity contribution in [2.45, 2.75) is 240 Å². The van der Waals surface area contributed by atoms with Crippen molar-refractivity contribution in [3.63, 3.8) is 0 Å². The molecule has 1 saturated heterocycles. The van der Waals surface area contributed by atoms with Gasteiger partial charge in [0, 0.05) is 30.2 Å².